The van der Waals surface area contributed by atoms with Gasteiger partial charge in [0.05, 0.1) is 12.3 Å². The molecule has 28 heavy (non-hydrogen) atoms. The van der Waals surface area contributed by atoms with Crippen molar-refractivity contribution in [1.82, 2.24) is 4.90 Å². The number of likely N-dealkylation sites (tertiary alicyclic amines) is 1. The average Bonchev–Trinajstić information content (AvgIpc) is 2.70. The first-order chi connectivity index (χ1) is 13.4. The number of aromatic hydroxyl groups is 1. The highest BCUT2D eigenvalue weighted by atomic mass is 16.4. The predicted octanol–water partition coefficient (Wildman–Crippen LogP) is 2.51. The van der Waals surface area contributed by atoms with Crippen LogP contribution in [0.4, 0.5) is 5.69 Å². The van der Waals surface area contributed by atoms with E-state index in [9.17, 15) is 19.5 Å². The van der Waals surface area contributed by atoms with Gasteiger partial charge in [0, 0.05) is 24.3 Å². The Balaban J connectivity index is 1.54. The van der Waals surface area contributed by atoms with Crippen LogP contribution in [0, 0.1) is 5.92 Å². The van der Waals surface area contributed by atoms with Crippen LogP contribution in [0.15, 0.2) is 48.5 Å². The Hall–Kier alpha value is -3.35. The number of piperidine rings is 1. The minimum Gasteiger partial charge on any atom is -0.508 e. The van der Waals surface area contributed by atoms with E-state index in [0.29, 0.717) is 37.2 Å². The maximum absolute atomic E-state index is 12.5. The summed E-state index contributed by atoms with van der Waals surface area (Å²) >= 11 is 0. The molecule has 1 saturated heterocycles. The van der Waals surface area contributed by atoms with Gasteiger partial charge in [-0.05, 0) is 54.8 Å². The molecule has 7 heteroatoms. The molecule has 7 nitrogen and oxygen atoms in total. The first-order valence-corrected chi connectivity index (χ1v) is 9.12. The third-order valence-electron chi connectivity index (χ3n) is 4.85. The van der Waals surface area contributed by atoms with Crippen molar-refractivity contribution in [3.05, 3.63) is 59.7 Å². The van der Waals surface area contributed by atoms with Crippen molar-refractivity contribution < 1.29 is 24.6 Å². The van der Waals surface area contributed by atoms with Crippen molar-refractivity contribution in [2.45, 2.75) is 19.3 Å². The van der Waals surface area contributed by atoms with Gasteiger partial charge in [0.1, 0.15) is 5.75 Å². The molecule has 0 saturated carbocycles. The SMILES string of the molecule is O=C(Cc1ccc(O)cc1)Nc1ccc(C(=O)N2CCC(C(=O)O)CC2)cc1. The van der Waals surface area contributed by atoms with Gasteiger partial charge in [0.2, 0.25) is 5.91 Å². The van der Waals surface area contributed by atoms with Crippen LogP contribution in [0.2, 0.25) is 0 Å². The monoisotopic (exact) mass is 382 g/mol. The summed E-state index contributed by atoms with van der Waals surface area (Å²) in [6.07, 6.45) is 1.11. The molecular weight excluding hydrogens is 360 g/mol. The van der Waals surface area contributed by atoms with Crippen molar-refractivity contribution in [3.8, 4) is 5.75 Å². The van der Waals surface area contributed by atoms with Crippen LogP contribution in [-0.2, 0) is 16.0 Å². The molecule has 0 spiro atoms. The van der Waals surface area contributed by atoms with Crippen LogP contribution in [0.1, 0.15) is 28.8 Å². The van der Waals surface area contributed by atoms with Crippen LogP contribution in [-0.4, -0.2) is 46.0 Å². The van der Waals surface area contributed by atoms with Crippen molar-refractivity contribution in [3.63, 3.8) is 0 Å². The number of carbonyl (C=O) groups is 3. The number of aliphatic carboxylic acids is 1. The lowest BCUT2D eigenvalue weighted by atomic mass is 9.96. The lowest BCUT2D eigenvalue weighted by Crippen LogP contribution is -2.40. The zero-order valence-corrected chi connectivity index (χ0v) is 15.3. The first-order valence-electron chi connectivity index (χ1n) is 9.12. The van der Waals surface area contributed by atoms with E-state index in [1.54, 1.807) is 41.3 Å². The summed E-state index contributed by atoms with van der Waals surface area (Å²) in [5.41, 5.74) is 1.88. The summed E-state index contributed by atoms with van der Waals surface area (Å²) in [6.45, 7) is 0.863. The molecule has 0 bridgehead atoms. The molecule has 3 rings (SSSR count). The lowest BCUT2D eigenvalue weighted by Gasteiger charge is -2.30. The molecule has 0 aliphatic carbocycles. The minimum absolute atomic E-state index is 0.134. The van der Waals surface area contributed by atoms with Crippen molar-refractivity contribution in [1.29, 1.82) is 0 Å². The lowest BCUT2D eigenvalue weighted by molar-refractivity contribution is -0.143. The number of carboxylic acid groups (broad SMARTS) is 1. The second-order valence-corrected chi connectivity index (χ2v) is 6.87. The number of amides is 2. The smallest absolute Gasteiger partial charge is 0.306 e. The maximum atomic E-state index is 12.5. The van der Waals surface area contributed by atoms with Gasteiger partial charge >= 0.3 is 5.97 Å². The number of anilines is 1. The molecule has 0 unspecified atom stereocenters. The maximum Gasteiger partial charge on any atom is 0.306 e. The molecule has 2 aromatic carbocycles. The first kappa shape index (κ1) is 19.4. The predicted molar refractivity (Wildman–Crippen MR) is 103 cm³/mol. The number of hydrogen-bond acceptors (Lipinski definition) is 4. The normalized spacial score (nSPS) is 14.5. The third-order valence-corrected chi connectivity index (χ3v) is 4.85. The third kappa shape index (κ3) is 4.88. The summed E-state index contributed by atoms with van der Waals surface area (Å²) in [7, 11) is 0. The Labute approximate surface area is 162 Å². The molecule has 2 amide bonds. The number of hydrogen-bond donors (Lipinski definition) is 3. The van der Waals surface area contributed by atoms with Crippen LogP contribution in [0.25, 0.3) is 0 Å². The topological polar surface area (TPSA) is 107 Å². The van der Waals surface area contributed by atoms with E-state index in [2.05, 4.69) is 5.32 Å². The zero-order valence-electron chi connectivity index (χ0n) is 15.3. The molecule has 1 aliphatic heterocycles. The van der Waals surface area contributed by atoms with Crippen LogP contribution < -0.4 is 5.32 Å². The van der Waals surface area contributed by atoms with Crippen molar-refractivity contribution in [2.24, 2.45) is 5.92 Å². The standard InChI is InChI=1S/C21H22N2O5/c24-18-7-1-14(2-8-18)13-19(25)22-17-5-3-15(4-6-17)20(26)23-11-9-16(10-12-23)21(27)28/h1-8,16,24H,9-13H2,(H,22,25)(H,27,28). The summed E-state index contributed by atoms with van der Waals surface area (Å²) in [4.78, 5) is 37.3. The van der Waals surface area contributed by atoms with Gasteiger partial charge in [-0.1, -0.05) is 12.1 Å². The molecule has 1 fully saturated rings. The number of rotatable bonds is 5. The Bertz CT molecular complexity index is 853. The molecule has 1 heterocycles. The minimum atomic E-state index is -0.806. The van der Waals surface area contributed by atoms with Crippen LogP contribution in [0.3, 0.4) is 0 Å². The summed E-state index contributed by atoms with van der Waals surface area (Å²) in [5, 5.41) is 21.1. The van der Waals surface area contributed by atoms with Gasteiger partial charge in [-0.25, -0.2) is 0 Å². The van der Waals surface area contributed by atoms with Crippen LogP contribution >= 0.6 is 0 Å². The van der Waals surface area contributed by atoms with E-state index < -0.39 is 5.97 Å². The highest BCUT2D eigenvalue weighted by Crippen LogP contribution is 2.20. The Morgan fingerprint density at radius 2 is 1.57 bits per heavy atom. The second kappa shape index (κ2) is 8.56. The number of phenolic OH excluding ortho intramolecular Hbond substituents is 1. The van der Waals surface area contributed by atoms with Gasteiger partial charge in [0.25, 0.3) is 5.91 Å². The Morgan fingerprint density at radius 3 is 2.14 bits per heavy atom. The number of benzene rings is 2. The molecule has 0 radical (unpaired) electrons. The van der Waals surface area contributed by atoms with E-state index in [-0.39, 0.29) is 29.9 Å². The molecule has 2 aromatic rings. The average molecular weight is 382 g/mol. The number of carboxylic acids is 1. The Morgan fingerprint density at radius 1 is 0.964 bits per heavy atom. The van der Waals surface area contributed by atoms with E-state index in [0.717, 1.165) is 5.56 Å². The summed E-state index contributed by atoms with van der Waals surface area (Å²) < 4.78 is 0. The highest BCUT2D eigenvalue weighted by molar-refractivity contribution is 5.96. The van der Waals surface area contributed by atoms with Gasteiger partial charge in [-0.15, -0.1) is 0 Å². The van der Waals surface area contributed by atoms with Crippen molar-refractivity contribution >= 4 is 23.5 Å². The molecule has 3 N–H and O–H groups in total. The second-order valence-electron chi connectivity index (χ2n) is 6.87. The fraction of sp³-hybridized carbons (Fsp3) is 0.286. The fourth-order valence-corrected chi connectivity index (χ4v) is 3.21. The van der Waals surface area contributed by atoms with E-state index in [1.165, 1.54) is 12.1 Å². The largest absolute Gasteiger partial charge is 0.508 e. The number of phenols is 1. The number of nitrogens with one attached hydrogen (secondary N) is 1. The van der Waals surface area contributed by atoms with Crippen LogP contribution in [0.5, 0.6) is 5.75 Å². The summed E-state index contributed by atoms with van der Waals surface area (Å²) in [6, 6.07) is 13.1. The van der Waals surface area contributed by atoms with E-state index in [4.69, 9.17) is 5.11 Å². The molecule has 0 aromatic heterocycles. The van der Waals surface area contributed by atoms with Gasteiger partial charge in [-0.3, -0.25) is 14.4 Å². The van der Waals surface area contributed by atoms with E-state index >= 15 is 0 Å². The zero-order chi connectivity index (χ0) is 20.1. The highest BCUT2D eigenvalue weighted by Gasteiger charge is 2.27. The Kier molecular flexibility index (Phi) is 5.93. The van der Waals surface area contributed by atoms with Gasteiger partial charge in [0.15, 0.2) is 0 Å². The summed E-state index contributed by atoms with van der Waals surface area (Å²) in [5.74, 6) is -1.36. The molecule has 0 atom stereocenters. The molecule has 146 valence electrons. The van der Waals surface area contributed by atoms with Crippen molar-refractivity contribution in [2.75, 3.05) is 18.4 Å². The number of carbonyl (C=O) groups excluding carboxylic acids is 2. The molecule has 1 aliphatic rings. The van der Waals surface area contributed by atoms with Gasteiger partial charge in [-0.2, -0.15) is 0 Å². The fourth-order valence-electron chi connectivity index (χ4n) is 3.21. The number of nitrogens with zero attached hydrogens (tertiary/aromatic N) is 1. The van der Waals surface area contributed by atoms with Gasteiger partial charge < -0.3 is 20.4 Å². The quantitative estimate of drug-likeness (QED) is 0.737. The molecular formula is C21H22N2O5. The van der Waals surface area contributed by atoms with E-state index in [1.807, 2.05) is 0 Å².